The molecule has 0 aliphatic rings. The molecule has 0 unspecified atom stereocenters. The second-order valence-corrected chi connectivity index (χ2v) is 2.99. The van der Waals surface area contributed by atoms with Crippen LogP contribution < -0.4 is 5.43 Å². The molecule has 11 heavy (non-hydrogen) atoms. The predicted molar refractivity (Wildman–Crippen MR) is 50.4 cm³/mol. The zero-order chi connectivity index (χ0) is 8.85. The Bertz CT molecular complexity index is 138. The number of hydrogen-bond acceptors (Lipinski definition) is 2. The van der Waals surface area contributed by atoms with Crippen molar-refractivity contribution in [3.05, 3.63) is 11.1 Å². The zero-order valence-corrected chi connectivity index (χ0v) is 8.36. The molecule has 0 saturated heterocycles. The highest BCUT2D eigenvalue weighted by Gasteiger charge is 1.97. The SMILES string of the molecule is CCC(C)=C(C)CN(C)NC. The van der Waals surface area contributed by atoms with Gasteiger partial charge >= 0.3 is 0 Å². The van der Waals surface area contributed by atoms with E-state index < -0.39 is 0 Å². The fourth-order valence-electron chi connectivity index (χ4n) is 0.872. The first-order valence-electron chi connectivity index (χ1n) is 4.15. The quantitative estimate of drug-likeness (QED) is 0.493. The highest BCUT2D eigenvalue weighted by molar-refractivity contribution is 5.10. The van der Waals surface area contributed by atoms with Crippen LogP contribution in [0.4, 0.5) is 0 Å². The van der Waals surface area contributed by atoms with E-state index in [0.717, 1.165) is 13.0 Å². The van der Waals surface area contributed by atoms with Crippen LogP contribution >= 0.6 is 0 Å². The number of nitrogens with zero attached hydrogens (tertiary/aromatic N) is 1. The van der Waals surface area contributed by atoms with E-state index in [1.165, 1.54) is 11.1 Å². The first-order chi connectivity index (χ1) is 5.11. The summed E-state index contributed by atoms with van der Waals surface area (Å²) in [6, 6.07) is 0. The van der Waals surface area contributed by atoms with Gasteiger partial charge in [-0.2, -0.15) is 0 Å². The molecule has 0 atom stereocenters. The molecule has 0 heterocycles. The van der Waals surface area contributed by atoms with Crippen molar-refractivity contribution in [1.29, 1.82) is 0 Å². The van der Waals surface area contributed by atoms with E-state index in [1.54, 1.807) is 0 Å². The van der Waals surface area contributed by atoms with Gasteiger partial charge in [0.15, 0.2) is 0 Å². The molecule has 0 aromatic rings. The largest absolute Gasteiger partial charge is 0.258 e. The van der Waals surface area contributed by atoms with Crippen LogP contribution in [0.3, 0.4) is 0 Å². The summed E-state index contributed by atoms with van der Waals surface area (Å²) in [5, 5.41) is 2.08. The molecule has 2 heteroatoms. The summed E-state index contributed by atoms with van der Waals surface area (Å²) in [4.78, 5) is 0. The molecule has 0 aromatic heterocycles. The van der Waals surface area contributed by atoms with E-state index in [0.29, 0.717) is 0 Å². The van der Waals surface area contributed by atoms with E-state index in [9.17, 15) is 0 Å². The van der Waals surface area contributed by atoms with Crippen LogP contribution in [0.5, 0.6) is 0 Å². The Morgan fingerprint density at radius 1 is 1.27 bits per heavy atom. The second kappa shape index (κ2) is 5.33. The van der Waals surface area contributed by atoms with E-state index in [4.69, 9.17) is 0 Å². The van der Waals surface area contributed by atoms with Gasteiger partial charge in [-0.05, 0) is 27.3 Å². The number of nitrogens with one attached hydrogen (secondary N) is 1. The number of rotatable bonds is 4. The van der Waals surface area contributed by atoms with Crippen molar-refractivity contribution >= 4 is 0 Å². The van der Waals surface area contributed by atoms with Gasteiger partial charge in [0.1, 0.15) is 0 Å². The minimum atomic E-state index is 1.01. The van der Waals surface area contributed by atoms with Gasteiger partial charge in [-0.1, -0.05) is 18.1 Å². The summed E-state index contributed by atoms with van der Waals surface area (Å²) in [6.07, 6.45) is 1.16. The first-order valence-corrected chi connectivity index (χ1v) is 4.15. The molecule has 0 aliphatic heterocycles. The zero-order valence-electron chi connectivity index (χ0n) is 8.36. The maximum atomic E-state index is 3.07. The van der Waals surface area contributed by atoms with Gasteiger partial charge in [0.05, 0.1) is 0 Å². The number of allylic oxidation sites excluding steroid dienone is 1. The molecule has 0 spiro atoms. The summed E-state index contributed by atoms with van der Waals surface area (Å²) in [6.45, 7) is 7.58. The van der Waals surface area contributed by atoms with Crippen molar-refractivity contribution in [2.45, 2.75) is 27.2 Å². The number of likely N-dealkylation sites (N-methyl/N-ethyl adjacent to an activating group) is 1. The summed E-state index contributed by atoms with van der Waals surface area (Å²) in [5.41, 5.74) is 6.03. The molecule has 0 saturated carbocycles. The standard InChI is InChI=1S/C9H20N2/c1-6-8(2)9(3)7-11(5)10-4/h10H,6-7H2,1-5H3. The third kappa shape index (κ3) is 4.17. The van der Waals surface area contributed by atoms with Gasteiger partial charge in [0.2, 0.25) is 0 Å². The van der Waals surface area contributed by atoms with Gasteiger partial charge in [-0.15, -0.1) is 0 Å². The van der Waals surface area contributed by atoms with Gasteiger partial charge in [0.25, 0.3) is 0 Å². The van der Waals surface area contributed by atoms with Crippen molar-refractivity contribution in [3.63, 3.8) is 0 Å². The highest BCUT2D eigenvalue weighted by Crippen LogP contribution is 2.06. The number of hydrazine groups is 1. The minimum Gasteiger partial charge on any atom is -0.258 e. The summed E-state index contributed by atoms with van der Waals surface area (Å²) >= 11 is 0. The fourth-order valence-corrected chi connectivity index (χ4v) is 0.872. The molecular formula is C9H20N2. The second-order valence-electron chi connectivity index (χ2n) is 2.99. The highest BCUT2D eigenvalue weighted by atomic mass is 15.5. The Morgan fingerprint density at radius 2 is 1.82 bits per heavy atom. The van der Waals surface area contributed by atoms with E-state index in [1.807, 2.05) is 14.1 Å². The summed E-state index contributed by atoms with van der Waals surface area (Å²) in [7, 11) is 3.99. The van der Waals surface area contributed by atoms with Crippen LogP contribution in [0.25, 0.3) is 0 Å². The van der Waals surface area contributed by atoms with Gasteiger partial charge in [0, 0.05) is 13.6 Å². The average Bonchev–Trinajstić information content (AvgIpc) is 2.02. The van der Waals surface area contributed by atoms with Gasteiger partial charge < -0.3 is 0 Å². The maximum absolute atomic E-state index is 3.07. The first kappa shape index (κ1) is 10.7. The van der Waals surface area contributed by atoms with Crippen molar-refractivity contribution in [1.82, 2.24) is 10.4 Å². The minimum absolute atomic E-state index is 1.01. The lowest BCUT2D eigenvalue weighted by molar-refractivity contribution is 0.282. The van der Waals surface area contributed by atoms with Crippen molar-refractivity contribution in [3.8, 4) is 0 Å². The van der Waals surface area contributed by atoms with Crippen LogP contribution in [0.2, 0.25) is 0 Å². The lowest BCUT2D eigenvalue weighted by Crippen LogP contribution is -2.32. The summed E-state index contributed by atoms with van der Waals surface area (Å²) in [5.74, 6) is 0. The van der Waals surface area contributed by atoms with E-state index in [-0.39, 0.29) is 0 Å². The van der Waals surface area contributed by atoms with Gasteiger partial charge in [-0.25, -0.2) is 5.01 Å². The van der Waals surface area contributed by atoms with Gasteiger partial charge in [-0.3, -0.25) is 5.43 Å². The Morgan fingerprint density at radius 3 is 2.18 bits per heavy atom. The Hall–Kier alpha value is -0.340. The normalized spacial score (nSPS) is 13.6. The lowest BCUT2D eigenvalue weighted by atomic mass is 10.1. The predicted octanol–water partition coefficient (Wildman–Crippen LogP) is 1.80. The molecule has 0 bridgehead atoms. The third-order valence-electron chi connectivity index (χ3n) is 2.11. The fraction of sp³-hybridized carbons (Fsp3) is 0.778. The Labute approximate surface area is 70.2 Å². The molecule has 0 rings (SSSR count). The molecule has 0 fully saturated rings. The molecule has 0 aromatic carbocycles. The molecule has 0 aliphatic carbocycles. The van der Waals surface area contributed by atoms with Crippen LogP contribution in [0.15, 0.2) is 11.1 Å². The topological polar surface area (TPSA) is 15.3 Å². The molecule has 2 nitrogen and oxygen atoms in total. The Kier molecular flexibility index (Phi) is 5.16. The summed E-state index contributed by atoms with van der Waals surface area (Å²) < 4.78 is 0. The van der Waals surface area contributed by atoms with Crippen LogP contribution in [-0.2, 0) is 0 Å². The molecular weight excluding hydrogens is 136 g/mol. The molecule has 66 valence electrons. The van der Waals surface area contributed by atoms with E-state index >= 15 is 0 Å². The van der Waals surface area contributed by atoms with Crippen molar-refractivity contribution in [2.75, 3.05) is 20.6 Å². The van der Waals surface area contributed by atoms with Crippen molar-refractivity contribution in [2.24, 2.45) is 0 Å². The van der Waals surface area contributed by atoms with Crippen LogP contribution in [-0.4, -0.2) is 25.6 Å². The molecule has 1 N–H and O–H groups in total. The molecule has 0 amide bonds. The molecule has 0 radical (unpaired) electrons. The Balaban J connectivity index is 3.94. The number of hydrogen-bond donors (Lipinski definition) is 1. The third-order valence-corrected chi connectivity index (χ3v) is 2.11. The van der Waals surface area contributed by atoms with E-state index in [2.05, 4.69) is 31.2 Å². The van der Waals surface area contributed by atoms with Crippen LogP contribution in [0.1, 0.15) is 27.2 Å². The monoisotopic (exact) mass is 156 g/mol. The smallest absolute Gasteiger partial charge is 0.0337 e. The maximum Gasteiger partial charge on any atom is 0.0337 e. The average molecular weight is 156 g/mol. The lowest BCUT2D eigenvalue weighted by Gasteiger charge is -2.16. The van der Waals surface area contributed by atoms with Crippen LogP contribution in [0, 0.1) is 0 Å². The van der Waals surface area contributed by atoms with Crippen molar-refractivity contribution < 1.29 is 0 Å².